The number of amides is 1. The third-order valence-electron chi connectivity index (χ3n) is 3.34. The molecule has 0 radical (unpaired) electrons. The normalized spacial score (nSPS) is 26.3. The van der Waals surface area contributed by atoms with E-state index in [9.17, 15) is 4.79 Å². The molecule has 3 heteroatoms. The predicted octanol–water partition coefficient (Wildman–Crippen LogP) is 1.78. The maximum Gasteiger partial charge on any atom is 0.219 e. The molecule has 0 heterocycles. The molecule has 0 aliphatic heterocycles. The first-order valence-electron chi connectivity index (χ1n) is 6.21. The maximum atomic E-state index is 11.5. The molecule has 1 rings (SSSR count). The third kappa shape index (κ3) is 3.20. The van der Waals surface area contributed by atoms with Crippen LogP contribution in [0.25, 0.3) is 0 Å². The van der Waals surface area contributed by atoms with Crippen LogP contribution >= 0.6 is 0 Å². The predicted molar refractivity (Wildman–Crippen MR) is 62.8 cm³/mol. The minimum atomic E-state index is 0.215. The molecule has 88 valence electrons. The molecule has 15 heavy (non-hydrogen) atoms. The first-order chi connectivity index (χ1) is 7.20. The number of carbonyl (C=O) groups is 1. The summed E-state index contributed by atoms with van der Waals surface area (Å²) in [5, 5.41) is 3.51. The van der Waals surface area contributed by atoms with Gasteiger partial charge in [-0.1, -0.05) is 19.8 Å². The molecular weight excluding hydrogens is 188 g/mol. The maximum absolute atomic E-state index is 11.5. The Kier molecular flexibility index (Phi) is 5.09. The topological polar surface area (TPSA) is 32.3 Å². The Labute approximate surface area is 93.2 Å². The quantitative estimate of drug-likeness (QED) is 0.770. The molecule has 2 unspecified atom stereocenters. The summed E-state index contributed by atoms with van der Waals surface area (Å²) in [5.74, 6) is 0.215. The van der Waals surface area contributed by atoms with Gasteiger partial charge in [-0.3, -0.25) is 4.79 Å². The van der Waals surface area contributed by atoms with Crippen molar-refractivity contribution in [1.82, 2.24) is 10.2 Å². The van der Waals surface area contributed by atoms with Crippen LogP contribution in [0.3, 0.4) is 0 Å². The molecule has 0 saturated heterocycles. The zero-order valence-corrected chi connectivity index (χ0v) is 10.3. The number of carbonyl (C=O) groups excluding carboxylic acids is 1. The van der Waals surface area contributed by atoms with E-state index in [4.69, 9.17) is 0 Å². The minimum absolute atomic E-state index is 0.215. The van der Waals surface area contributed by atoms with Crippen molar-refractivity contribution in [1.29, 1.82) is 0 Å². The van der Waals surface area contributed by atoms with Crippen LogP contribution in [0.15, 0.2) is 0 Å². The Balaban J connectivity index is 2.64. The Morgan fingerprint density at radius 1 is 1.33 bits per heavy atom. The number of nitrogens with zero attached hydrogens (tertiary/aromatic N) is 1. The van der Waals surface area contributed by atoms with Gasteiger partial charge in [0.2, 0.25) is 5.91 Å². The van der Waals surface area contributed by atoms with E-state index in [1.54, 1.807) is 6.92 Å². The van der Waals surface area contributed by atoms with E-state index in [0.717, 1.165) is 19.5 Å². The van der Waals surface area contributed by atoms with Gasteiger partial charge in [0.15, 0.2) is 0 Å². The summed E-state index contributed by atoms with van der Waals surface area (Å²) in [4.78, 5) is 13.5. The van der Waals surface area contributed by atoms with E-state index < -0.39 is 0 Å². The molecule has 2 atom stereocenters. The molecule has 0 aromatic carbocycles. The Morgan fingerprint density at radius 2 is 2.00 bits per heavy atom. The summed E-state index contributed by atoms with van der Waals surface area (Å²) >= 11 is 0. The Hall–Kier alpha value is -0.570. The van der Waals surface area contributed by atoms with Crippen LogP contribution < -0.4 is 5.32 Å². The van der Waals surface area contributed by atoms with E-state index in [-0.39, 0.29) is 5.91 Å². The Bertz CT molecular complexity index is 204. The van der Waals surface area contributed by atoms with Crippen LogP contribution in [0.2, 0.25) is 0 Å². The molecule has 1 fully saturated rings. The lowest BCUT2D eigenvalue weighted by atomic mass is 9.89. The van der Waals surface area contributed by atoms with Gasteiger partial charge in [0.05, 0.1) is 0 Å². The fourth-order valence-corrected chi connectivity index (χ4v) is 2.68. The second-order valence-corrected chi connectivity index (χ2v) is 4.32. The van der Waals surface area contributed by atoms with Gasteiger partial charge < -0.3 is 10.2 Å². The monoisotopic (exact) mass is 212 g/mol. The fraction of sp³-hybridized carbons (Fsp3) is 0.917. The van der Waals surface area contributed by atoms with Gasteiger partial charge in [-0.25, -0.2) is 0 Å². The summed E-state index contributed by atoms with van der Waals surface area (Å²) in [5.41, 5.74) is 0. The molecule has 0 aromatic rings. The highest BCUT2D eigenvalue weighted by Gasteiger charge is 2.29. The Morgan fingerprint density at radius 3 is 2.53 bits per heavy atom. The number of hydrogen-bond donors (Lipinski definition) is 1. The molecule has 1 saturated carbocycles. The molecule has 0 spiro atoms. The lowest BCUT2D eigenvalue weighted by Crippen LogP contribution is -2.53. The smallest absolute Gasteiger partial charge is 0.219 e. The third-order valence-corrected chi connectivity index (χ3v) is 3.34. The summed E-state index contributed by atoms with van der Waals surface area (Å²) in [6, 6.07) is 0.925. The van der Waals surface area contributed by atoms with Crippen molar-refractivity contribution >= 4 is 5.91 Å². The van der Waals surface area contributed by atoms with Gasteiger partial charge in [-0.2, -0.15) is 0 Å². The van der Waals surface area contributed by atoms with Crippen molar-refractivity contribution < 1.29 is 4.79 Å². The van der Waals surface area contributed by atoms with Crippen molar-refractivity contribution in [2.75, 3.05) is 13.1 Å². The van der Waals surface area contributed by atoms with Crippen LogP contribution in [0.4, 0.5) is 0 Å². The summed E-state index contributed by atoms with van der Waals surface area (Å²) < 4.78 is 0. The molecule has 1 amide bonds. The molecular formula is C12H24N2O. The highest BCUT2D eigenvalue weighted by Crippen LogP contribution is 2.23. The van der Waals surface area contributed by atoms with E-state index in [2.05, 4.69) is 19.2 Å². The number of nitrogens with one attached hydrogen (secondary N) is 1. The fourth-order valence-electron chi connectivity index (χ4n) is 2.68. The van der Waals surface area contributed by atoms with Gasteiger partial charge in [-0.05, 0) is 26.3 Å². The molecule has 0 aromatic heterocycles. The van der Waals surface area contributed by atoms with Gasteiger partial charge in [-0.15, -0.1) is 0 Å². The largest absolute Gasteiger partial charge is 0.339 e. The van der Waals surface area contributed by atoms with Gasteiger partial charge >= 0.3 is 0 Å². The lowest BCUT2D eigenvalue weighted by Gasteiger charge is -2.39. The van der Waals surface area contributed by atoms with Gasteiger partial charge in [0.25, 0.3) is 0 Å². The van der Waals surface area contributed by atoms with E-state index in [1.807, 2.05) is 4.90 Å². The number of rotatable bonds is 4. The van der Waals surface area contributed by atoms with Crippen molar-refractivity contribution in [3.63, 3.8) is 0 Å². The SMILES string of the molecule is CCNC1CCCCC1N(CC)C(C)=O. The molecule has 0 bridgehead atoms. The molecule has 1 aliphatic carbocycles. The van der Waals surface area contributed by atoms with E-state index in [0.29, 0.717) is 12.1 Å². The van der Waals surface area contributed by atoms with E-state index in [1.165, 1.54) is 19.3 Å². The lowest BCUT2D eigenvalue weighted by molar-refractivity contribution is -0.132. The highest BCUT2D eigenvalue weighted by atomic mass is 16.2. The number of hydrogen-bond acceptors (Lipinski definition) is 2. The number of likely N-dealkylation sites (N-methyl/N-ethyl adjacent to an activating group) is 2. The zero-order chi connectivity index (χ0) is 11.3. The van der Waals surface area contributed by atoms with Crippen molar-refractivity contribution in [2.45, 2.75) is 58.5 Å². The average molecular weight is 212 g/mol. The first kappa shape index (κ1) is 12.5. The van der Waals surface area contributed by atoms with Gasteiger partial charge in [0, 0.05) is 25.6 Å². The zero-order valence-electron chi connectivity index (χ0n) is 10.3. The minimum Gasteiger partial charge on any atom is -0.339 e. The van der Waals surface area contributed by atoms with Crippen LogP contribution in [-0.2, 0) is 4.79 Å². The van der Waals surface area contributed by atoms with Crippen molar-refractivity contribution in [3.05, 3.63) is 0 Å². The van der Waals surface area contributed by atoms with E-state index >= 15 is 0 Å². The summed E-state index contributed by atoms with van der Waals surface area (Å²) in [6.07, 6.45) is 4.92. The average Bonchev–Trinajstić information content (AvgIpc) is 2.21. The standard InChI is InChI=1S/C12H24N2O/c1-4-13-11-8-6-7-9-12(11)14(5-2)10(3)15/h11-13H,4-9H2,1-3H3. The van der Waals surface area contributed by atoms with Crippen LogP contribution in [-0.4, -0.2) is 36.0 Å². The van der Waals surface area contributed by atoms with Crippen LogP contribution in [0.1, 0.15) is 46.5 Å². The first-order valence-corrected chi connectivity index (χ1v) is 6.21. The second-order valence-electron chi connectivity index (χ2n) is 4.32. The van der Waals surface area contributed by atoms with Gasteiger partial charge in [0.1, 0.15) is 0 Å². The van der Waals surface area contributed by atoms with Crippen LogP contribution in [0.5, 0.6) is 0 Å². The summed E-state index contributed by atoms with van der Waals surface area (Å²) in [6.45, 7) is 7.72. The summed E-state index contributed by atoms with van der Waals surface area (Å²) in [7, 11) is 0. The van der Waals surface area contributed by atoms with Crippen molar-refractivity contribution in [3.8, 4) is 0 Å². The second kappa shape index (κ2) is 6.11. The molecule has 3 nitrogen and oxygen atoms in total. The molecule has 1 aliphatic rings. The van der Waals surface area contributed by atoms with Crippen molar-refractivity contribution in [2.24, 2.45) is 0 Å². The molecule has 1 N–H and O–H groups in total. The van der Waals surface area contributed by atoms with Crippen LogP contribution in [0, 0.1) is 0 Å². The highest BCUT2D eigenvalue weighted by molar-refractivity contribution is 5.73.